The number of nitrogens with zero attached hydrogens (tertiary/aromatic N) is 2. The van der Waals surface area contributed by atoms with E-state index in [2.05, 4.69) is 13.0 Å². The summed E-state index contributed by atoms with van der Waals surface area (Å²) in [4.78, 5) is 17.1. The molecule has 4 rings (SSSR count). The van der Waals surface area contributed by atoms with E-state index in [0.717, 1.165) is 15.5 Å². The number of anilines is 1. The number of Topliss-reactive ketones (excluding diaryl/α,β-unsaturated/α-hetero) is 1. The number of allylic oxidation sites excluding steroid dienone is 3. The summed E-state index contributed by atoms with van der Waals surface area (Å²) in [5.74, 6) is 0.121. The van der Waals surface area contributed by atoms with Gasteiger partial charge in [0.05, 0.1) is 23.2 Å². The van der Waals surface area contributed by atoms with Gasteiger partial charge in [0.15, 0.2) is 5.78 Å². The molecule has 160 valence electrons. The molecule has 0 spiro atoms. The van der Waals surface area contributed by atoms with Gasteiger partial charge in [0, 0.05) is 27.5 Å². The third-order valence-corrected chi connectivity index (χ3v) is 7.76. The van der Waals surface area contributed by atoms with Crippen LogP contribution < -0.4 is 10.6 Å². The molecular weight excluding hydrogens is 429 g/mol. The van der Waals surface area contributed by atoms with Crippen LogP contribution in [0.5, 0.6) is 0 Å². The van der Waals surface area contributed by atoms with Gasteiger partial charge in [-0.2, -0.15) is 5.26 Å². The minimum Gasteiger partial charge on any atom is -0.384 e. The molecule has 2 N–H and O–H groups in total. The Labute approximate surface area is 190 Å². The second-order valence-electron chi connectivity index (χ2n) is 8.51. The van der Waals surface area contributed by atoms with Gasteiger partial charge < -0.3 is 5.73 Å². The first-order chi connectivity index (χ1) is 14.8. The maximum atomic E-state index is 14.9. The molecule has 2 aliphatic rings. The van der Waals surface area contributed by atoms with Crippen molar-refractivity contribution in [3.05, 3.63) is 69.1 Å². The molecule has 0 unspecified atom stereocenters. The van der Waals surface area contributed by atoms with E-state index >= 15 is 0 Å². The van der Waals surface area contributed by atoms with E-state index in [1.165, 1.54) is 17.4 Å². The van der Waals surface area contributed by atoms with E-state index in [1.54, 1.807) is 34.9 Å². The van der Waals surface area contributed by atoms with E-state index in [9.17, 15) is 14.4 Å². The summed E-state index contributed by atoms with van der Waals surface area (Å²) in [7, 11) is 0. The molecule has 4 nitrogen and oxygen atoms in total. The van der Waals surface area contributed by atoms with E-state index in [1.807, 2.05) is 25.3 Å². The van der Waals surface area contributed by atoms with E-state index in [-0.39, 0.29) is 22.7 Å². The highest BCUT2D eigenvalue weighted by atomic mass is 32.2. The quantitative estimate of drug-likeness (QED) is 0.580. The summed E-state index contributed by atoms with van der Waals surface area (Å²) in [6, 6.07) is 10.6. The van der Waals surface area contributed by atoms with E-state index in [4.69, 9.17) is 5.73 Å². The fraction of sp³-hybridized carbons (Fsp3) is 0.333. The zero-order valence-electron chi connectivity index (χ0n) is 17.7. The Morgan fingerprint density at radius 3 is 2.74 bits per heavy atom. The topological polar surface area (TPSA) is 70.1 Å². The molecule has 1 atom stereocenters. The van der Waals surface area contributed by atoms with Crippen LogP contribution in [-0.2, 0) is 4.79 Å². The van der Waals surface area contributed by atoms with Gasteiger partial charge in [-0.25, -0.2) is 4.39 Å². The van der Waals surface area contributed by atoms with Crippen molar-refractivity contribution in [2.75, 3.05) is 10.7 Å². The number of thiophene rings is 1. The molecule has 1 aliphatic heterocycles. The van der Waals surface area contributed by atoms with E-state index < -0.39 is 11.7 Å². The first kappa shape index (κ1) is 21.7. The highest BCUT2D eigenvalue weighted by molar-refractivity contribution is 7.99. The number of nitrogens with two attached hydrogens (primary N) is 1. The van der Waals surface area contributed by atoms with Crippen molar-refractivity contribution in [1.29, 1.82) is 5.26 Å². The Bertz CT molecular complexity index is 1160. The molecular formula is C24H24FN3OS2. The van der Waals surface area contributed by atoms with Gasteiger partial charge in [0.1, 0.15) is 11.6 Å². The average Bonchev–Trinajstić information content (AvgIpc) is 3.15. The molecule has 0 bridgehead atoms. The van der Waals surface area contributed by atoms with Crippen molar-refractivity contribution in [3.8, 4) is 6.07 Å². The third kappa shape index (κ3) is 3.68. The molecule has 0 fully saturated rings. The summed E-state index contributed by atoms with van der Waals surface area (Å²) >= 11 is 3.22. The lowest BCUT2D eigenvalue weighted by molar-refractivity contribution is -0.118. The van der Waals surface area contributed by atoms with Crippen molar-refractivity contribution in [2.24, 2.45) is 11.1 Å². The number of thioether (sulfide) groups is 1. The van der Waals surface area contributed by atoms with Crippen molar-refractivity contribution in [1.82, 2.24) is 0 Å². The summed E-state index contributed by atoms with van der Waals surface area (Å²) in [6.45, 7) is 6.14. The zero-order chi connectivity index (χ0) is 22.3. The Kier molecular flexibility index (Phi) is 5.71. The van der Waals surface area contributed by atoms with Crippen LogP contribution in [0.4, 0.5) is 10.1 Å². The molecule has 2 aromatic rings. The van der Waals surface area contributed by atoms with Crippen molar-refractivity contribution in [3.63, 3.8) is 0 Å². The lowest BCUT2D eigenvalue weighted by Crippen LogP contribution is -2.42. The predicted octanol–water partition coefficient (Wildman–Crippen LogP) is 5.94. The minimum absolute atomic E-state index is 0.00122. The number of nitriles is 1. The molecule has 0 amide bonds. The highest BCUT2D eigenvalue weighted by Crippen LogP contribution is 2.52. The second-order valence-corrected chi connectivity index (χ2v) is 10.8. The number of carbonyl (C=O) groups excluding carboxylic acids is 1. The number of hydrogen-bond acceptors (Lipinski definition) is 6. The van der Waals surface area contributed by atoms with Gasteiger partial charge in [-0.3, -0.25) is 9.69 Å². The number of halogens is 1. The van der Waals surface area contributed by atoms with Crippen LogP contribution in [0.2, 0.25) is 0 Å². The SMILES string of the molecule is CCSc1ccsc1[C@@H]1C(C#N)=C(N)N(c2ccccc2F)C2=C1C(=O)CC(C)(C)C2. The van der Waals surface area contributed by atoms with Crippen LogP contribution in [0, 0.1) is 22.6 Å². The Hall–Kier alpha value is -2.56. The van der Waals surface area contributed by atoms with Gasteiger partial charge in [-0.05, 0) is 41.2 Å². The van der Waals surface area contributed by atoms with E-state index in [0.29, 0.717) is 29.7 Å². The van der Waals surface area contributed by atoms with Crippen molar-refractivity contribution < 1.29 is 9.18 Å². The third-order valence-electron chi connectivity index (χ3n) is 5.69. The van der Waals surface area contributed by atoms with Crippen LogP contribution in [0.25, 0.3) is 0 Å². The lowest BCUT2D eigenvalue weighted by atomic mass is 9.69. The lowest BCUT2D eigenvalue weighted by Gasteiger charge is -2.43. The molecule has 0 radical (unpaired) electrons. The van der Waals surface area contributed by atoms with Crippen LogP contribution in [0.1, 0.15) is 44.4 Å². The zero-order valence-corrected chi connectivity index (χ0v) is 19.4. The Balaban J connectivity index is 2.01. The predicted molar refractivity (Wildman–Crippen MR) is 124 cm³/mol. The Morgan fingerprint density at radius 2 is 2.06 bits per heavy atom. The van der Waals surface area contributed by atoms with Crippen LogP contribution in [-0.4, -0.2) is 11.5 Å². The fourth-order valence-corrected chi connectivity index (χ4v) is 6.52. The first-order valence-electron chi connectivity index (χ1n) is 10.2. The van der Waals surface area contributed by atoms with Gasteiger partial charge in [0.25, 0.3) is 0 Å². The van der Waals surface area contributed by atoms with Gasteiger partial charge in [-0.1, -0.05) is 32.9 Å². The molecule has 2 heterocycles. The number of benzene rings is 1. The van der Waals surface area contributed by atoms with Crippen LogP contribution >= 0.6 is 23.1 Å². The summed E-state index contributed by atoms with van der Waals surface area (Å²) in [5.41, 5.74) is 8.12. The molecule has 1 aromatic carbocycles. The molecule has 0 saturated heterocycles. The van der Waals surface area contributed by atoms with Gasteiger partial charge >= 0.3 is 0 Å². The molecule has 1 aromatic heterocycles. The molecule has 0 saturated carbocycles. The standard InChI is InChI=1S/C24H24FN3OS2/c1-4-30-19-9-10-31-22(19)20-14(13-26)23(27)28(16-8-6-5-7-15(16)25)17-11-24(2,3)12-18(29)21(17)20/h5-10,20H,4,11-12,27H2,1-3H3/t20-/m1/s1. The highest BCUT2D eigenvalue weighted by Gasteiger charge is 2.45. The average molecular weight is 454 g/mol. The largest absolute Gasteiger partial charge is 0.384 e. The second kappa shape index (κ2) is 8.18. The normalized spacial score (nSPS) is 20.7. The smallest absolute Gasteiger partial charge is 0.162 e. The maximum absolute atomic E-state index is 14.9. The summed E-state index contributed by atoms with van der Waals surface area (Å²) in [5, 5.41) is 12.1. The number of carbonyl (C=O) groups is 1. The van der Waals surface area contributed by atoms with Crippen molar-refractivity contribution in [2.45, 2.75) is 44.4 Å². The Morgan fingerprint density at radius 1 is 1.32 bits per heavy atom. The van der Waals surface area contributed by atoms with Gasteiger partial charge in [-0.15, -0.1) is 23.1 Å². The van der Waals surface area contributed by atoms with Gasteiger partial charge in [0.2, 0.25) is 0 Å². The monoisotopic (exact) mass is 453 g/mol. The number of ketones is 1. The number of hydrogen-bond donors (Lipinski definition) is 1. The molecule has 7 heteroatoms. The molecule has 31 heavy (non-hydrogen) atoms. The van der Waals surface area contributed by atoms with Crippen molar-refractivity contribution >= 4 is 34.6 Å². The number of para-hydroxylation sites is 1. The molecule has 1 aliphatic carbocycles. The fourth-order valence-electron chi connectivity index (χ4n) is 4.47. The number of rotatable bonds is 4. The van der Waals surface area contributed by atoms with Crippen LogP contribution in [0.3, 0.4) is 0 Å². The minimum atomic E-state index is -0.513. The summed E-state index contributed by atoms with van der Waals surface area (Å²) < 4.78 is 14.9. The summed E-state index contributed by atoms with van der Waals surface area (Å²) in [6.07, 6.45) is 0.952. The maximum Gasteiger partial charge on any atom is 0.162 e. The first-order valence-corrected chi connectivity index (χ1v) is 12.1. The van der Waals surface area contributed by atoms with Crippen LogP contribution in [0.15, 0.2) is 63.3 Å².